The Morgan fingerprint density at radius 2 is 2.11 bits per heavy atom. The van der Waals surface area contributed by atoms with E-state index in [4.69, 9.17) is 0 Å². The van der Waals surface area contributed by atoms with Crippen molar-refractivity contribution in [1.29, 1.82) is 0 Å². The van der Waals surface area contributed by atoms with E-state index < -0.39 is 17.3 Å². The molecular formula is C20H24FN3O3. The summed E-state index contributed by atoms with van der Waals surface area (Å²) in [6.45, 7) is 6.23. The summed E-state index contributed by atoms with van der Waals surface area (Å²) >= 11 is 0. The number of carbonyl (C=O) groups is 1. The third-order valence-corrected chi connectivity index (χ3v) is 5.69. The molecule has 1 atom stereocenters. The summed E-state index contributed by atoms with van der Waals surface area (Å²) in [5.41, 5.74) is 1.77. The van der Waals surface area contributed by atoms with Crippen LogP contribution >= 0.6 is 0 Å². The monoisotopic (exact) mass is 373 g/mol. The van der Waals surface area contributed by atoms with Crippen LogP contribution in [0.25, 0.3) is 5.52 Å². The molecule has 4 rings (SSSR count). The number of aromatic carboxylic acids is 1. The van der Waals surface area contributed by atoms with Crippen molar-refractivity contribution in [3.05, 3.63) is 45.1 Å². The van der Waals surface area contributed by atoms with Crippen molar-refractivity contribution in [2.45, 2.75) is 45.1 Å². The van der Waals surface area contributed by atoms with Crippen molar-refractivity contribution in [3.63, 3.8) is 0 Å². The van der Waals surface area contributed by atoms with Crippen LogP contribution in [0.2, 0.25) is 0 Å². The maximum atomic E-state index is 15.0. The van der Waals surface area contributed by atoms with Crippen LogP contribution in [0.15, 0.2) is 17.1 Å². The fourth-order valence-electron chi connectivity index (χ4n) is 4.31. The number of carboxylic acid groups (broad SMARTS) is 1. The van der Waals surface area contributed by atoms with Gasteiger partial charge in [0.2, 0.25) is 0 Å². The zero-order valence-electron chi connectivity index (χ0n) is 15.6. The van der Waals surface area contributed by atoms with E-state index in [0.717, 1.165) is 44.5 Å². The number of halogens is 1. The van der Waals surface area contributed by atoms with Gasteiger partial charge in [-0.3, -0.25) is 9.20 Å². The van der Waals surface area contributed by atoms with Gasteiger partial charge in [0.15, 0.2) is 5.82 Å². The van der Waals surface area contributed by atoms with Gasteiger partial charge in [-0.25, -0.2) is 9.18 Å². The van der Waals surface area contributed by atoms with Gasteiger partial charge in [0.25, 0.3) is 5.56 Å². The molecule has 7 heteroatoms. The summed E-state index contributed by atoms with van der Waals surface area (Å²) in [6, 6.07) is 1.82. The summed E-state index contributed by atoms with van der Waals surface area (Å²) < 4.78 is 16.2. The van der Waals surface area contributed by atoms with Gasteiger partial charge in [-0.1, -0.05) is 6.92 Å². The predicted octanol–water partition coefficient (Wildman–Crippen LogP) is 2.51. The number of likely N-dealkylation sites (N-methyl/N-ethyl adjacent to an activating group) is 1. The van der Waals surface area contributed by atoms with Crippen molar-refractivity contribution in [2.75, 3.05) is 24.5 Å². The van der Waals surface area contributed by atoms with Gasteiger partial charge < -0.3 is 15.3 Å². The van der Waals surface area contributed by atoms with Crippen LogP contribution in [-0.2, 0) is 0 Å². The van der Waals surface area contributed by atoms with Crippen molar-refractivity contribution < 1.29 is 14.3 Å². The van der Waals surface area contributed by atoms with Crippen LogP contribution in [0.1, 0.15) is 53.6 Å². The molecule has 1 aliphatic heterocycles. The number of rotatable bonds is 5. The number of aromatic nitrogens is 1. The molecule has 1 saturated heterocycles. The molecule has 6 nitrogen and oxygen atoms in total. The van der Waals surface area contributed by atoms with Gasteiger partial charge in [0.05, 0.1) is 17.4 Å². The Morgan fingerprint density at radius 1 is 1.37 bits per heavy atom. The lowest BCUT2D eigenvalue weighted by molar-refractivity contribution is 0.0694. The maximum Gasteiger partial charge on any atom is 0.341 e. The highest BCUT2D eigenvalue weighted by Gasteiger charge is 2.32. The van der Waals surface area contributed by atoms with Gasteiger partial charge in [-0.15, -0.1) is 0 Å². The number of hydrogen-bond donors (Lipinski definition) is 2. The molecule has 2 N–H and O–H groups in total. The first-order valence-electron chi connectivity index (χ1n) is 9.52. The molecule has 2 aliphatic rings. The highest BCUT2D eigenvalue weighted by atomic mass is 19.1. The van der Waals surface area contributed by atoms with Crippen LogP contribution in [0.3, 0.4) is 0 Å². The predicted molar refractivity (Wildman–Crippen MR) is 102 cm³/mol. The lowest BCUT2D eigenvalue weighted by Crippen LogP contribution is -2.33. The smallest absolute Gasteiger partial charge is 0.341 e. The van der Waals surface area contributed by atoms with Crippen molar-refractivity contribution in [3.8, 4) is 0 Å². The third kappa shape index (κ3) is 3.00. The second-order valence-electron chi connectivity index (χ2n) is 7.56. The van der Waals surface area contributed by atoms with Gasteiger partial charge in [-0.05, 0) is 55.8 Å². The largest absolute Gasteiger partial charge is 0.477 e. The summed E-state index contributed by atoms with van der Waals surface area (Å²) in [5.74, 6) is -1.52. The summed E-state index contributed by atoms with van der Waals surface area (Å²) in [4.78, 5) is 26.1. The van der Waals surface area contributed by atoms with Crippen LogP contribution in [-0.4, -0.2) is 41.2 Å². The SMILES string of the molecule is CCN[C@H]1CCN(c2c(F)cn3c(=O)c(C(=O)O)cc(C4CC4)c3c2C)C1. The lowest BCUT2D eigenvalue weighted by Gasteiger charge is -2.24. The van der Waals surface area contributed by atoms with E-state index in [1.54, 1.807) is 0 Å². The van der Waals surface area contributed by atoms with Gasteiger partial charge in [0.1, 0.15) is 5.56 Å². The Morgan fingerprint density at radius 3 is 2.74 bits per heavy atom. The Balaban J connectivity index is 1.91. The Bertz CT molecular complexity index is 981. The molecule has 2 aromatic rings. The number of nitrogens with zero attached hydrogens (tertiary/aromatic N) is 2. The molecule has 2 aromatic heterocycles. The minimum Gasteiger partial charge on any atom is -0.477 e. The maximum absolute atomic E-state index is 15.0. The first-order chi connectivity index (χ1) is 12.9. The van der Waals surface area contributed by atoms with Crippen molar-refractivity contribution in [1.82, 2.24) is 9.72 Å². The quantitative estimate of drug-likeness (QED) is 0.842. The second kappa shape index (κ2) is 6.64. The average Bonchev–Trinajstić information content (AvgIpc) is 3.36. The van der Waals surface area contributed by atoms with Gasteiger partial charge in [0, 0.05) is 19.1 Å². The van der Waals surface area contributed by atoms with E-state index in [9.17, 15) is 14.7 Å². The molecule has 144 valence electrons. The molecule has 0 bridgehead atoms. The van der Waals surface area contributed by atoms with E-state index in [-0.39, 0.29) is 11.5 Å². The van der Waals surface area contributed by atoms with Gasteiger partial charge in [-0.2, -0.15) is 0 Å². The highest BCUT2D eigenvalue weighted by Crippen LogP contribution is 2.44. The number of carboxylic acids is 1. The highest BCUT2D eigenvalue weighted by molar-refractivity contribution is 5.89. The fourth-order valence-corrected chi connectivity index (χ4v) is 4.31. The van der Waals surface area contributed by atoms with E-state index in [0.29, 0.717) is 22.8 Å². The zero-order valence-corrected chi connectivity index (χ0v) is 15.6. The Labute approximate surface area is 156 Å². The number of anilines is 1. The molecule has 2 fully saturated rings. The Hall–Kier alpha value is -2.41. The minimum absolute atomic E-state index is 0.240. The third-order valence-electron chi connectivity index (χ3n) is 5.69. The lowest BCUT2D eigenvalue weighted by atomic mass is 10.0. The van der Waals surface area contributed by atoms with Crippen LogP contribution in [0.5, 0.6) is 0 Å². The van der Waals surface area contributed by atoms with Crippen LogP contribution < -0.4 is 15.8 Å². The number of aryl methyl sites for hydroxylation is 1. The first kappa shape index (κ1) is 18.0. The fraction of sp³-hybridized carbons (Fsp3) is 0.500. The standard InChI is InChI=1S/C20H24FN3O3/c1-3-22-13-6-7-23(9-13)18-11(2)17-14(12-4-5-12)8-15(20(26)27)19(25)24(17)10-16(18)21/h8,10,12-13,22H,3-7,9H2,1-2H3,(H,26,27)/t13-/m0/s1. The molecule has 3 heterocycles. The average molecular weight is 373 g/mol. The molecular weight excluding hydrogens is 349 g/mol. The normalized spacial score (nSPS) is 19.8. The van der Waals surface area contributed by atoms with E-state index >= 15 is 4.39 Å². The van der Waals surface area contributed by atoms with Crippen molar-refractivity contribution in [2.24, 2.45) is 0 Å². The molecule has 0 unspecified atom stereocenters. The Kier molecular flexibility index (Phi) is 4.42. The zero-order chi connectivity index (χ0) is 19.3. The van der Waals surface area contributed by atoms with Crippen LogP contribution in [0, 0.1) is 12.7 Å². The summed E-state index contributed by atoms with van der Waals surface area (Å²) in [6.07, 6.45) is 4.04. The summed E-state index contributed by atoms with van der Waals surface area (Å²) in [7, 11) is 0. The molecule has 0 amide bonds. The number of nitrogens with one attached hydrogen (secondary N) is 1. The van der Waals surface area contributed by atoms with Crippen LogP contribution in [0.4, 0.5) is 10.1 Å². The number of hydrogen-bond acceptors (Lipinski definition) is 4. The van der Waals surface area contributed by atoms with Gasteiger partial charge >= 0.3 is 5.97 Å². The molecule has 1 saturated carbocycles. The van der Waals surface area contributed by atoms with E-state index in [1.165, 1.54) is 16.7 Å². The first-order valence-corrected chi connectivity index (χ1v) is 9.52. The molecule has 0 spiro atoms. The van der Waals surface area contributed by atoms with Crippen molar-refractivity contribution >= 4 is 17.2 Å². The molecule has 0 radical (unpaired) electrons. The minimum atomic E-state index is -1.27. The van der Waals surface area contributed by atoms with E-state index in [1.807, 2.05) is 11.8 Å². The number of pyridine rings is 2. The van der Waals surface area contributed by atoms with E-state index in [2.05, 4.69) is 12.2 Å². The summed E-state index contributed by atoms with van der Waals surface area (Å²) in [5, 5.41) is 12.8. The molecule has 1 aliphatic carbocycles. The second-order valence-corrected chi connectivity index (χ2v) is 7.56. The molecule has 27 heavy (non-hydrogen) atoms. The topological polar surface area (TPSA) is 74.0 Å². The number of fused-ring (bicyclic) bond motifs is 1. The molecule has 0 aromatic carbocycles.